The van der Waals surface area contributed by atoms with Gasteiger partial charge in [0.1, 0.15) is 0 Å². The molecule has 1 N–H and O–H groups in total. The summed E-state index contributed by atoms with van der Waals surface area (Å²) in [5, 5.41) is 10.6. The molecule has 0 spiro atoms. The molecule has 1 heterocycles. The summed E-state index contributed by atoms with van der Waals surface area (Å²) in [6.07, 6.45) is 5.32. The standard InChI is InChI=1S/C17H19NO3/c1-11-15(17(20)21)13-9-5-6-10-14(13)16(19)18(11)12-7-3-2-4-8-12/h5-6,9-10,12H,2-4,7-8H2,1H3,(H,20,21). The van der Waals surface area contributed by atoms with E-state index in [-0.39, 0.29) is 17.2 Å². The maximum atomic E-state index is 12.8. The Labute approximate surface area is 123 Å². The van der Waals surface area contributed by atoms with Crippen molar-refractivity contribution in [1.29, 1.82) is 0 Å². The van der Waals surface area contributed by atoms with Gasteiger partial charge in [0.15, 0.2) is 0 Å². The fourth-order valence-corrected chi connectivity index (χ4v) is 3.53. The summed E-state index contributed by atoms with van der Waals surface area (Å²) in [5.74, 6) is -0.965. The summed E-state index contributed by atoms with van der Waals surface area (Å²) in [6.45, 7) is 1.76. The minimum Gasteiger partial charge on any atom is -0.478 e. The third-order valence-electron chi connectivity index (χ3n) is 4.52. The molecular formula is C17H19NO3. The van der Waals surface area contributed by atoms with Crippen LogP contribution >= 0.6 is 0 Å². The fraction of sp³-hybridized carbons (Fsp3) is 0.412. The van der Waals surface area contributed by atoms with Gasteiger partial charge < -0.3 is 9.67 Å². The van der Waals surface area contributed by atoms with Gasteiger partial charge in [0, 0.05) is 22.5 Å². The molecule has 1 aliphatic rings. The molecule has 0 amide bonds. The zero-order valence-corrected chi connectivity index (χ0v) is 12.1. The molecule has 0 atom stereocenters. The molecule has 1 fully saturated rings. The molecule has 110 valence electrons. The third-order valence-corrected chi connectivity index (χ3v) is 4.52. The molecular weight excluding hydrogens is 266 g/mol. The van der Waals surface area contributed by atoms with E-state index in [4.69, 9.17) is 0 Å². The number of pyridine rings is 1. The molecule has 0 saturated heterocycles. The molecule has 0 radical (unpaired) electrons. The number of aromatic carboxylic acids is 1. The number of benzene rings is 1. The van der Waals surface area contributed by atoms with Crippen molar-refractivity contribution in [3.8, 4) is 0 Å². The lowest BCUT2D eigenvalue weighted by Crippen LogP contribution is -2.30. The van der Waals surface area contributed by atoms with Gasteiger partial charge in [-0.2, -0.15) is 0 Å². The normalized spacial score (nSPS) is 16.2. The Balaban J connectivity index is 2.34. The zero-order valence-electron chi connectivity index (χ0n) is 12.1. The van der Waals surface area contributed by atoms with E-state index in [9.17, 15) is 14.7 Å². The van der Waals surface area contributed by atoms with Crippen LogP contribution in [0.2, 0.25) is 0 Å². The van der Waals surface area contributed by atoms with E-state index in [1.165, 1.54) is 6.42 Å². The van der Waals surface area contributed by atoms with E-state index in [1.54, 1.807) is 35.8 Å². The third kappa shape index (κ3) is 2.24. The smallest absolute Gasteiger partial charge is 0.338 e. The second-order valence-corrected chi connectivity index (χ2v) is 5.78. The molecule has 1 aromatic carbocycles. The summed E-state index contributed by atoms with van der Waals surface area (Å²) in [4.78, 5) is 24.5. The maximum absolute atomic E-state index is 12.8. The van der Waals surface area contributed by atoms with E-state index in [0.717, 1.165) is 25.7 Å². The van der Waals surface area contributed by atoms with E-state index in [1.807, 2.05) is 0 Å². The second-order valence-electron chi connectivity index (χ2n) is 5.78. The van der Waals surface area contributed by atoms with Crippen LogP contribution in [-0.4, -0.2) is 15.6 Å². The van der Waals surface area contributed by atoms with Crippen molar-refractivity contribution in [2.24, 2.45) is 0 Å². The molecule has 1 aliphatic carbocycles. The first-order valence-electron chi connectivity index (χ1n) is 7.48. The van der Waals surface area contributed by atoms with E-state index < -0.39 is 5.97 Å². The van der Waals surface area contributed by atoms with Crippen molar-refractivity contribution >= 4 is 16.7 Å². The fourth-order valence-electron chi connectivity index (χ4n) is 3.53. The number of aromatic nitrogens is 1. The average Bonchev–Trinajstić information content (AvgIpc) is 2.48. The first kappa shape index (κ1) is 13.9. The number of rotatable bonds is 2. The Kier molecular flexibility index (Phi) is 3.53. The largest absolute Gasteiger partial charge is 0.478 e. The van der Waals surface area contributed by atoms with Gasteiger partial charge in [-0.1, -0.05) is 37.5 Å². The predicted molar refractivity (Wildman–Crippen MR) is 82.0 cm³/mol. The van der Waals surface area contributed by atoms with E-state index >= 15 is 0 Å². The van der Waals surface area contributed by atoms with Gasteiger partial charge in [-0.25, -0.2) is 4.79 Å². The van der Waals surface area contributed by atoms with Crippen LogP contribution in [0.15, 0.2) is 29.1 Å². The van der Waals surface area contributed by atoms with Gasteiger partial charge >= 0.3 is 5.97 Å². The molecule has 4 nitrogen and oxygen atoms in total. The van der Waals surface area contributed by atoms with Crippen molar-refractivity contribution < 1.29 is 9.90 Å². The predicted octanol–water partition coefficient (Wildman–Crippen LogP) is 3.51. The number of hydrogen-bond donors (Lipinski definition) is 1. The van der Waals surface area contributed by atoms with Crippen molar-refractivity contribution in [2.75, 3.05) is 0 Å². The Morgan fingerprint density at radius 3 is 2.38 bits per heavy atom. The number of fused-ring (bicyclic) bond motifs is 1. The highest BCUT2D eigenvalue weighted by atomic mass is 16.4. The molecule has 21 heavy (non-hydrogen) atoms. The molecule has 0 bridgehead atoms. The number of carbonyl (C=O) groups is 1. The average molecular weight is 285 g/mol. The lowest BCUT2D eigenvalue weighted by molar-refractivity contribution is 0.0696. The lowest BCUT2D eigenvalue weighted by Gasteiger charge is -2.27. The Hall–Kier alpha value is -2.10. The molecule has 4 heteroatoms. The number of hydrogen-bond acceptors (Lipinski definition) is 2. The minimum atomic E-state index is -0.965. The van der Waals surface area contributed by atoms with Crippen molar-refractivity contribution in [3.05, 3.63) is 45.9 Å². The van der Waals surface area contributed by atoms with Gasteiger partial charge in [0.25, 0.3) is 5.56 Å². The molecule has 2 aromatic rings. The first-order chi connectivity index (χ1) is 10.1. The highest BCUT2D eigenvalue weighted by molar-refractivity contribution is 6.04. The molecule has 1 aromatic heterocycles. The van der Waals surface area contributed by atoms with Crippen LogP contribution < -0.4 is 5.56 Å². The Morgan fingerprint density at radius 2 is 1.76 bits per heavy atom. The van der Waals surface area contributed by atoms with Gasteiger partial charge in [-0.15, -0.1) is 0 Å². The van der Waals surface area contributed by atoms with Gasteiger partial charge in [-0.05, 0) is 25.8 Å². The summed E-state index contributed by atoms with van der Waals surface area (Å²) in [5.41, 5.74) is 0.786. The highest BCUT2D eigenvalue weighted by Crippen LogP contribution is 2.30. The van der Waals surface area contributed by atoms with Crippen LogP contribution in [0.25, 0.3) is 10.8 Å². The van der Waals surface area contributed by atoms with E-state index in [0.29, 0.717) is 16.5 Å². The molecule has 1 saturated carbocycles. The van der Waals surface area contributed by atoms with Gasteiger partial charge in [0.05, 0.1) is 5.56 Å². The summed E-state index contributed by atoms with van der Waals surface area (Å²) < 4.78 is 1.73. The summed E-state index contributed by atoms with van der Waals surface area (Å²) in [7, 11) is 0. The van der Waals surface area contributed by atoms with Crippen LogP contribution in [0, 0.1) is 6.92 Å². The van der Waals surface area contributed by atoms with Crippen LogP contribution in [0.5, 0.6) is 0 Å². The van der Waals surface area contributed by atoms with Crippen LogP contribution in [0.1, 0.15) is 54.2 Å². The van der Waals surface area contributed by atoms with E-state index in [2.05, 4.69) is 0 Å². The summed E-state index contributed by atoms with van der Waals surface area (Å²) >= 11 is 0. The topological polar surface area (TPSA) is 59.3 Å². The summed E-state index contributed by atoms with van der Waals surface area (Å²) in [6, 6.07) is 7.14. The monoisotopic (exact) mass is 285 g/mol. The van der Waals surface area contributed by atoms with Crippen LogP contribution in [-0.2, 0) is 0 Å². The zero-order chi connectivity index (χ0) is 15.0. The second kappa shape index (κ2) is 5.35. The van der Waals surface area contributed by atoms with Crippen molar-refractivity contribution in [1.82, 2.24) is 4.57 Å². The van der Waals surface area contributed by atoms with Crippen molar-refractivity contribution in [2.45, 2.75) is 45.1 Å². The Bertz CT molecular complexity index is 754. The first-order valence-corrected chi connectivity index (χ1v) is 7.48. The number of carboxylic acid groups (broad SMARTS) is 1. The van der Waals surface area contributed by atoms with Crippen LogP contribution in [0.4, 0.5) is 0 Å². The lowest BCUT2D eigenvalue weighted by atomic mass is 9.93. The number of carboxylic acids is 1. The van der Waals surface area contributed by atoms with Crippen LogP contribution in [0.3, 0.4) is 0 Å². The highest BCUT2D eigenvalue weighted by Gasteiger charge is 2.24. The molecule has 0 aliphatic heterocycles. The van der Waals surface area contributed by atoms with Gasteiger partial charge in [-0.3, -0.25) is 4.79 Å². The maximum Gasteiger partial charge on any atom is 0.338 e. The quantitative estimate of drug-likeness (QED) is 0.918. The molecule has 3 rings (SSSR count). The minimum absolute atomic E-state index is 0.0556. The van der Waals surface area contributed by atoms with Crippen molar-refractivity contribution in [3.63, 3.8) is 0 Å². The molecule has 0 unspecified atom stereocenters. The Morgan fingerprint density at radius 1 is 1.14 bits per heavy atom. The van der Waals surface area contributed by atoms with Gasteiger partial charge in [0.2, 0.25) is 0 Å². The SMILES string of the molecule is Cc1c(C(=O)O)c2ccccc2c(=O)n1C1CCCCC1. The number of nitrogens with zero attached hydrogens (tertiary/aromatic N) is 1.